The Morgan fingerprint density at radius 2 is 1.73 bits per heavy atom. The highest BCUT2D eigenvalue weighted by molar-refractivity contribution is 5.13. The Labute approximate surface area is 68.7 Å². The summed E-state index contributed by atoms with van der Waals surface area (Å²) in [7, 11) is 0. The molecule has 0 radical (unpaired) electrons. The molecule has 2 saturated carbocycles. The van der Waals surface area contributed by atoms with E-state index in [2.05, 4.69) is 6.58 Å². The quantitative estimate of drug-likeness (QED) is 0.527. The Hall–Kier alpha value is -0.300. The van der Waals surface area contributed by atoms with Gasteiger partial charge in [0.1, 0.15) is 0 Å². The zero-order valence-electron chi connectivity index (χ0n) is 7.05. The first-order valence-corrected chi connectivity index (χ1v) is 4.71. The molecule has 2 rings (SSSR count). The van der Waals surface area contributed by atoms with E-state index >= 15 is 0 Å². The van der Waals surface area contributed by atoms with Gasteiger partial charge in [0.2, 0.25) is 0 Å². The fourth-order valence-corrected chi connectivity index (χ4v) is 2.68. The predicted molar refractivity (Wildman–Crippen MR) is 47.2 cm³/mol. The summed E-state index contributed by atoms with van der Waals surface area (Å²) < 4.78 is 0. The Balaban J connectivity index is 2.13. The van der Waals surface area contributed by atoms with Crippen LogP contribution in [0.2, 0.25) is 0 Å². The minimum atomic E-state index is 0.468. The largest absolute Gasteiger partial charge is 0.328 e. The minimum Gasteiger partial charge on any atom is -0.328 e. The highest BCUT2D eigenvalue weighted by Crippen LogP contribution is 2.42. The van der Waals surface area contributed by atoms with Crippen LogP contribution in [0.4, 0.5) is 0 Å². The van der Waals surface area contributed by atoms with Crippen LogP contribution in [0, 0.1) is 11.8 Å². The summed E-state index contributed by atoms with van der Waals surface area (Å²) in [6, 6.07) is 0.468. The first-order chi connectivity index (χ1) is 5.27. The maximum atomic E-state index is 5.95. The van der Waals surface area contributed by atoms with Gasteiger partial charge in [-0.25, -0.2) is 0 Å². The smallest absolute Gasteiger partial charge is 0.00502 e. The molecule has 62 valence electrons. The number of allylic oxidation sites excluding steroid dienone is 1. The lowest BCUT2D eigenvalue weighted by molar-refractivity contribution is 0.253. The second-order valence-corrected chi connectivity index (χ2v) is 4.13. The van der Waals surface area contributed by atoms with Crippen LogP contribution < -0.4 is 5.73 Å². The summed E-state index contributed by atoms with van der Waals surface area (Å²) in [5.41, 5.74) is 7.46. The molecule has 0 amide bonds. The van der Waals surface area contributed by atoms with Crippen LogP contribution in [0.1, 0.15) is 32.1 Å². The Bertz CT molecular complexity index is 158. The van der Waals surface area contributed by atoms with Crippen molar-refractivity contribution in [1.29, 1.82) is 0 Å². The van der Waals surface area contributed by atoms with Crippen molar-refractivity contribution in [2.24, 2.45) is 17.6 Å². The Morgan fingerprint density at radius 1 is 1.18 bits per heavy atom. The number of fused-ring (bicyclic) bond motifs is 2. The van der Waals surface area contributed by atoms with E-state index in [1.165, 1.54) is 37.7 Å². The topological polar surface area (TPSA) is 26.0 Å². The van der Waals surface area contributed by atoms with E-state index in [9.17, 15) is 0 Å². The first kappa shape index (κ1) is 7.35. The van der Waals surface area contributed by atoms with Crippen molar-refractivity contribution in [3.63, 3.8) is 0 Å². The van der Waals surface area contributed by atoms with Gasteiger partial charge in [0, 0.05) is 6.04 Å². The summed E-state index contributed by atoms with van der Waals surface area (Å²) in [6.45, 7) is 4.18. The van der Waals surface area contributed by atoms with E-state index in [0.717, 1.165) is 11.8 Å². The highest BCUT2D eigenvalue weighted by Gasteiger charge is 2.32. The second-order valence-electron chi connectivity index (χ2n) is 4.13. The van der Waals surface area contributed by atoms with E-state index in [0.29, 0.717) is 6.04 Å². The van der Waals surface area contributed by atoms with Gasteiger partial charge < -0.3 is 5.73 Å². The number of hydrogen-bond acceptors (Lipinski definition) is 1. The molecule has 0 aromatic heterocycles. The molecule has 0 aliphatic heterocycles. The second kappa shape index (κ2) is 2.63. The van der Waals surface area contributed by atoms with Crippen molar-refractivity contribution < 1.29 is 0 Å². The average Bonchev–Trinajstić information content (AvgIpc) is 1.92. The molecule has 0 heterocycles. The van der Waals surface area contributed by atoms with E-state index in [1.54, 1.807) is 0 Å². The van der Waals surface area contributed by atoms with Crippen molar-refractivity contribution in [2.75, 3.05) is 0 Å². The lowest BCUT2D eigenvalue weighted by Crippen LogP contribution is -2.36. The van der Waals surface area contributed by atoms with Crippen molar-refractivity contribution in [3.8, 4) is 0 Å². The third-order valence-electron chi connectivity index (χ3n) is 3.33. The molecule has 1 nitrogen and oxygen atoms in total. The van der Waals surface area contributed by atoms with Crippen molar-refractivity contribution >= 4 is 0 Å². The van der Waals surface area contributed by atoms with Crippen LogP contribution in [-0.2, 0) is 0 Å². The van der Waals surface area contributed by atoms with E-state index in [-0.39, 0.29) is 0 Å². The van der Waals surface area contributed by atoms with E-state index in [4.69, 9.17) is 5.73 Å². The van der Waals surface area contributed by atoms with Crippen molar-refractivity contribution in [1.82, 2.24) is 0 Å². The van der Waals surface area contributed by atoms with Crippen LogP contribution in [0.3, 0.4) is 0 Å². The third kappa shape index (κ3) is 1.22. The molecular weight excluding hydrogens is 134 g/mol. The molecule has 2 aliphatic carbocycles. The number of nitrogens with two attached hydrogens (primary N) is 1. The van der Waals surface area contributed by atoms with E-state index < -0.39 is 0 Å². The van der Waals surface area contributed by atoms with Gasteiger partial charge in [-0.15, -0.1) is 0 Å². The number of hydrogen-bond donors (Lipinski definition) is 1. The molecule has 0 aromatic carbocycles. The van der Waals surface area contributed by atoms with Crippen molar-refractivity contribution in [3.05, 3.63) is 12.2 Å². The fourth-order valence-electron chi connectivity index (χ4n) is 2.68. The molecule has 11 heavy (non-hydrogen) atoms. The summed E-state index contributed by atoms with van der Waals surface area (Å²) >= 11 is 0. The SMILES string of the molecule is C=C1C2CCCC1CC(N)C2. The van der Waals surface area contributed by atoms with Gasteiger partial charge in [0.05, 0.1) is 0 Å². The minimum absolute atomic E-state index is 0.468. The molecule has 2 atom stereocenters. The predicted octanol–water partition coefficient (Wildman–Crippen LogP) is 2.08. The zero-order chi connectivity index (χ0) is 7.84. The lowest BCUT2D eigenvalue weighted by atomic mass is 9.68. The number of rotatable bonds is 0. The molecule has 1 heteroatoms. The fraction of sp³-hybridized carbons (Fsp3) is 0.800. The molecule has 2 aliphatic rings. The molecule has 0 saturated heterocycles. The molecule has 2 N–H and O–H groups in total. The van der Waals surface area contributed by atoms with Gasteiger partial charge in [0.25, 0.3) is 0 Å². The molecule has 0 aromatic rings. The molecular formula is C10H17N. The molecule has 2 bridgehead atoms. The maximum Gasteiger partial charge on any atom is 0.00502 e. The van der Waals surface area contributed by atoms with Crippen LogP contribution in [0.15, 0.2) is 12.2 Å². The molecule has 2 fully saturated rings. The van der Waals surface area contributed by atoms with Crippen LogP contribution in [-0.4, -0.2) is 6.04 Å². The average molecular weight is 151 g/mol. The van der Waals surface area contributed by atoms with Crippen molar-refractivity contribution in [2.45, 2.75) is 38.1 Å². The summed E-state index contributed by atoms with van der Waals surface area (Å²) in [4.78, 5) is 0. The van der Waals surface area contributed by atoms with E-state index in [1.807, 2.05) is 0 Å². The highest BCUT2D eigenvalue weighted by atomic mass is 14.7. The van der Waals surface area contributed by atoms with Gasteiger partial charge in [-0.3, -0.25) is 0 Å². The van der Waals surface area contributed by atoms with Gasteiger partial charge in [-0.1, -0.05) is 18.6 Å². The van der Waals surface area contributed by atoms with Gasteiger partial charge in [-0.2, -0.15) is 0 Å². The Morgan fingerprint density at radius 3 is 2.27 bits per heavy atom. The maximum absolute atomic E-state index is 5.95. The summed E-state index contributed by atoms with van der Waals surface area (Å²) in [6.07, 6.45) is 6.51. The monoisotopic (exact) mass is 151 g/mol. The van der Waals surface area contributed by atoms with Crippen LogP contribution in [0.25, 0.3) is 0 Å². The first-order valence-electron chi connectivity index (χ1n) is 4.71. The molecule has 2 unspecified atom stereocenters. The van der Waals surface area contributed by atoms with Gasteiger partial charge in [0.15, 0.2) is 0 Å². The Kier molecular flexibility index (Phi) is 1.76. The lowest BCUT2D eigenvalue weighted by Gasteiger charge is -2.39. The van der Waals surface area contributed by atoms with Gasteiger partial charge in [-0.05, 0) is 37.5 Å². The summed E-state index contributed by atoms with van der Waals surface area (Å²) in [5, 5.41) is 0. The zero-order valence-corrected chi connectivity index (χ0v) is 7.05. The normalized spacial score (nSPS) is 44.1. The van der Waals surface area contributed by atoms with Crippen LogP contribution >= 0.6 is 0 Å². The van der Waals surface area contributed by atoms with Crippen LogP contribution in [0.5, 0.6) is 0 Å². The third-order valence-corrected chi connectivity index (χ3v) is 3.33. The summed E-state index contributed by atoms with van der Waals surface area (Å²) in [5.74, 6) is 1.55. The molecule has 0 spiro atoms. The standard InChI is InChI=1S/C10H17N/c1-7-8-3-2-4-9(7)6-10(11)5-8/h8-10H,1-6,11H2. The van der Waals surface area contributed by atoms with Gasteiger partial charge >= 0.3 is 0 Å².